The average Bonchev–Trinajstić information content (AvgIpc) is 2.57. The molecular formula is C8H12N2O8. The van der Waals surface area contributed by atoms with Crippen LogP contribution in [0.3, 0.4) is 0 Å². The van der Waals surface area contributed by atoms with Gasteiger partial charge in [0, 0.05) is 0 Å². The van der Waals surface area contributed by atoms with Crippen molar-refractivity contribution in [1.82, 2.24) is 10.4 Å². The Balaban J connectivity index is 2.38. The lowest BCUT2D eigenvalue weighted by Crippen LogP contribution is -2.71. The third-order valence-corrected chi connectivity index (χ3v) is 2.98. The number of carbonyl (C=O) groups is 2. The third kappa shape index (κ3) is 1.51. The number of aliphatic hydroxyl groups is 4. The minimum atomic E-state index is -2.42. The van der Waals surface area contributed by atoms with Crippen LogP contribution in [0.1, 0.15) is 0 Å². The number of ether oxygens (including phenoxy) is 1. The molecular weight excluding hydrogens is 252 g/mol. The first-order valence-electron chi connectivity index (χ1n) is 5.03. The van der Waals surface area contributed by atoms with Crippen LogP contribution < -0.4 is 5.32 Å². The molecule has 2 rings (SSSR count). The van der Waals surface area contributed by atoms with Gasteiger partial charge in [-0.1, -0.05) is 0 Å². The summed E-state index contributed by atoms with van der Waals surface area (Å²) in [6.45, 7) is -0.763. The largest absolute Gasteiger partial charge is 0.394 e. The van der Waals surface area contributed by atoms with Gasteiger partial charge in [-0.3, -0.25) is 15.3 Å². The Bertz CT molecular complexity index is 387. The molecule has 102 valence electrons. The van der Waals surface area contributed by atoms with E-state index in [2.05, 4.69) is 0 Å². The van der Waals surface area contributed by atoms with E-state index in [-0.39, 0.29) is 5.06 Å². The van der Waals surface area contributed by atoms with Crippen molar-refractivity contribution in [2.75, 3.05) is 6.61 Å². The molecule has 0 bridgehead atoms. The summed E-state index contributed by atoms with van der Waals surface area (Å²) in [4.78, 5) is 22.8. The molecule has 0 unspecified atom stereocenters. The topological polar surface area (TPSA) is 160 Å². The van der Waals surface area contributed by atoms with Crippen molar-refractivity contribution < 1.29 is 40.0 Å². The molecule has 2 saturated heterocycles. The van der Waals surface area contributed by atoms with Crippen molar-refractivity contribution in [1.29, 1.82) is 0 Å². The summed E-state index contributed by atoms with van der Waals surface area (Å²) in [6, 6.07) is -1.25. The maximum Gasteiger partial charge on any atom is 0.351 e. The number of urea groups is 1. The highest BCUT2D eigenvalue weighted by Crippen LogP contribution is 2.32. The Morgan fingerprint density at radius 1 is 1.28 bits per heavy atom. The number of carbonyl (C=O) groups excluding carboxylic acids is 2. The Hall–Kier alpha value is -1.30. The molecule has 1 spiro atoms. The van der Waals surface area contributed by atoms with Crippen LogP contribution in [-0.4, -0.2) is 79.4 Å². The normalized spacial score (nSPS) is 44.6. The highest BCUT2D eigenvalue weighted by molar-refractivity contribution is 6.05. The minimum absolute atomic E-state index is 0.317. The molecule has 3 amide bonds. The zero-order chi connectivity index (χ0) is 13.7. The van der Waals surface area contributed by atoms with Crippen LogP contribution in [-0.2, 0) is 9.53 Å². The van der Waals surface area contributed by atoms with Gasteiger partial charge in [0.05, 0.1) is 6.61 Å². The van der Waals surface area contributed by atoms with Crippen molar-refractivity contribution in [3.63, 3.8) is 0 Å². The first-order valence-corrected chi connectivity index (χ1v) is 5.03. The van der Waals surface area contributed by atoms with Crippen LogP contribution >= 0.6 is 0 Å². The molecule has 0 aliphatic carbocycles. The fraction of sp³-hybridized carbons (Fsp3) is 0.750. The van der Waals surface area contributed by atoms with Crippen molar-refractivity contribution in [3.05, 3.63) is 0 Å². The van der Waals surface area contributed by atoms with E-state index in [1.54, 1.807) is 0 Å². The van der Waals surface area contributed by atoms with Crippen LogP contribution in [0.2, 0.25) is 0 Å². The smallest absolute Gasteiger partial charge is 0.351 e. The minimum Gasteiger partial charge on any atom is -0.394 e. The fourth-order valence-electron chi connectivity index (χ4n) is 1.97. The average molecular weight is 264 g/mol. The number of hydroxylamine groups is 2. The number of hydrogen-bond acceptors (Lipinski definition) is 8. The van der Waals surface area contributed by atoms with Gasteiger partial charge in [0.15, 0.2) is 0 Å². The summed E-state index contributed by atoms with van der Waals surface area (Å²) in [5.74, 6) is -1.34. The second-order valence-electron chi connectivity index (χ2n) is 4.05. The molecule has 2 aliphatic heterocycles. The molecule has 2 fully saturated rings. The quantitative estimate of drug-likeness (QED) is 0.207. The molecule has 0 aromatic heterocycles. The van der Waals surface area contributed by atoms with Crippen molar-refractivity contribution in [2.24, 2.45) is 0 Å². The molecule has 18 heavy (non-hydrogen) atoms. The van der Waals surface area contributed by atoms with Crippen LogP contribution in [0.5, 0.6) is 0 Å². The summed E-state index contributed by atoms with van der Waals surface area (Å²) in [6.07, 6.45) is -6.89. The number of rotatable bonds is 1. The summed E-state index contributed by atoms with van der Waals surface area (Å²) < 4.78 is 4.94. The van der Waals surface area contributed by atoms with E-state index in [1.165, 1.54) is 0 Å². The van der Waals surface area contributed by atoms with E-state index >= 15 is 0 Å². The van der Waals surface area contributed by atoms with E-state index in [0.29, 0.717) is 0 Å². The van der Waals surface area contributed by atoms with E-state index in [4.69, 9.17) is 15.1 Å². The number of aliphatic hydroxyl groups excluding tert-OH is 4. The van der Waals surface area contributed by atoms with Crippen LogP contribution in [0.4, 0.5) is 4.79 Å². The lowest BCUT2D eigenvalue weighted by molar-refractivity contribution is -0.271. The Kier molecular flexibility index (Phi) is 3.01. The van der Waals surface area contributed by atoms with Crippen molar-refractivity contribution in [3.8, 4) is 0 Å². The standard InChI is InChI=1S/C8H12N2O8/c11-1-2-3(12)4(13)5(14)8(18-2)6(15)10(17)7(16)9-8/h2-5,11-14,17H,1H2,(H,9,16)/t2-,3+,4+,5-,8+/m1/s1. The van der Waals surface area contributed by atoms with Crippen molar-refractivity contribution in [2.45, 2.75) is 30.1 Å². The van der Waals surface area contributed by atoms with Gasteiger partial charge in [-0.25, -0.2) is 4.79 Å². The highest BCUT2D eigenvalue weighted by atomic mass is 16.6. The van der Waals surface area contributed by atoms with Gasteiger partial charge in [-0.05, 0) is 0 Å². The first-order chi connectivity index (χ1) is 8.35. The summed E-state index contributed by atoms with van der Waals surface area (Å²) in [5, 5.41) is 48.4. The molecule has 10 heteroatoms. The molecule has 5 atom stereocenters. The number of hydrogen-bond donors (Lipinski definition) is 6. The molecule has 2 heterocycles. The number of amides is 3. The predicted molar refractivity (Wildman–Crippen MR) is 49.9 cm³/mol. The number of imide groups is 1. The number of nitrogens with one attached hydrogen (secondary N) is 1. The van der Waals surface area contributed by atoms with Crippen LogP contribution in [0.15, 0.2) is 0 Å². The SMILES string of the molecule is O=C1N[C@@]2(O[C@H](CO)[C@H](O)[C@H](O)[C@H]2O)C(=O)N1O. The summed E-state index contributed by atoms with van der Waals surface area (Å²) >= 11 is 0. The lowest BCUT2D eigenvalue weighted by Gasteiger charge is -2.44. The molecule has 0 aromatic carbocycles. The molecule has 2 aliphatic rings. The van der Waals surface area contributed by atoms with Gasteiger partial charge >= 0.3 is 11.9 Å². The summed E-state index contributed by atoms with van der Waals surface area (Å²) in [7, 11) is 0. The maximum atomic E-state index is 11.6. The molecule has 0 aromatic rings. The van der Waals surface area contributed by atoms with Gasteiger partial charge in [-0.15, -0.1) is 5.06 Å². The Labute approximate surface area is 100.0 Å². The monoisotopic (exact) mass is 264 g/mol. The fourth-order valence-corrected chi connectivity index (χ4v) is 1.97. The van der Waals surface area contributed by atoms with E-state index in [1.807, 2.05) is 5.32 Å². The van der Waals surface area contributed by atoms with Gasteiger partial charge in [-0.2, -0.15) is 0 Å². The van der Waals surface area contributed by atoms with Gasteiger partial charge in [0.25, 0.3) is 5.72 Å². The zero-order valence-corrected chi connectivity index (χ0v) is 8.92. The van der Waals surface area contributed by atoms with E-state index in [0.717, 1.165) is 0 Å². The van der Waals surface area contributed by atoms with E-state index < -0.39 is 48.7 Å². The Morgan fingerprint density at radius 3 is 2.33 bits per heavy atom. The predicted octanol–water partition coefficient (Wildman–Crippen LogP) is -3.90. The molecule has 0 radical (unpaired) electrons. The maximum absolute atomic E-state index is 11.6. The molecule has 10 nitrogen and oxygen atoms in total. The summed E-state index contributed by atoms with van der Waals surface area (Å²) in [5.41, 5.74) is -2.42. The second-order valence-corrected chi connectivity index (χ2v) is 4.05. The van der Waals surface area contributed by atoms with Gasteiger partial charge in [0.2, 0.25) is 0 Å². The Morgan fingerprint density at radius 2 is 1.89 bits per heavy atom. The van der Waals surface area contributed by atoms with E-state index in [9.17, 15) is 24.9 Å². The second kappa shape index (κ2) is 4.12. The number of nitrogens with zero attached hydrogens (tertiary/aromatic N) is 1. The molecule has 6 N–H and O–H groups in total. The highest BCUT2D eigenvalue weighted by Gasteiger charge is 2.64. The first kappa shape index (κ1) is 13.1. The molecule has 0 saturated carbocycles. The zero-order valence-electron chi connectivity index (χ0n) is 8.92. The van der Waals surface area contributed by atoms with Crippen LogP contribution in [0, 0.1) is 0 Å². The third-order valence-electron chi connectivity index (χ3n) is 2.98. The van der Waals surface area contributed by atoms with Gasteiger partial charge in [0.1, 0.15) is 24.4 Å². The van der Waals surface area contributed by atoms with Crippen LogP contribution in [0.25, 0.3) is 0 Å². The van der Waals surface area contributed by atoms with Crippen molar-refractivity contribution >= 4 is 11.9 Å². The van der Waals surface area contributed by atoms with Gasteiger partial charge < -0.3 is 25.2 Å². The lowest BCUT2D eigenvalue weighted by atomic mass is 9.90.